The largest absolute Gasteiger partial charge is 0.491 e. The van der Waals surface area contributed by atoms with E-state index >= 15 is 0 Å². The molecule has 4 rings (SSSR count). The van der Waals surface area contributed by atoms with E-state index in [2.05, 4.69) is 35.4 Å². The van der Waals surface area contributed by atoms with Gasteiger partial charge in [-0.15, -0.1) is 10.2 Å². The molecule has 1 atom stereocenters. The maximum atomic E-state index is 12.4. The molecule has 11 heteroatoms. The number of carbonyl (C=O) groups is 1. The van der Waals surface area contributed by atoms with Crippen LogP contribution in [0.3, 0.4) is 0 Å². The van der Waals surface area contributed by atoms with Gasteiger partial charge >= 0.3 is 0 Å². The number of carbonyl (C=O) groups excluding carboxylic acids is 1. The first-order chi connectivity index (χ1) is 18.7. The molecule has 3 heterocycles. The molecule has 0 saturated heterocycles. The van der Waals surface area contributed by atoms with Crippen LogP contribution in [-0.4, -0.2) is 79.4 Å². The summed E-state index contributed by atoms with van der Waals surface area (Å²) in [5.74, 6) is 1.08. The summed E-state index contributed by atoms with van der Waals surface area (Å²) < 4.78 is 7.97. The van der Waals surface area contributed by atoms with E-state index in [9.17, 15) is 15.0 Å². The number of rotatable bonds is 12. The third-order valence-corrected chi connectivity index (χ3v) is 7.96. The second-order valence-electron chi connectivity index (χ2n) is 10.5. The standard InChI is InChI=1S/C28H40N6O4S/c1-6-7-18(4)22-12-20(8-9-25(22)38-17(2)3)27-30-31-28(39-27)34-19(5)23-13-33(11-10-24(23)32-34)14-26(37)29-21(15-35)16-36/h8-9,12,17-18,21,35-36H,6-7,10-11,13-16H2,1-5H3,(H,29,37). The quantitative estimate of drug-likeness (QED) is 0.311. The van der Waals surface area contributed by atoms with Gasteiger partial charge in [-0.2, -0.15) is 5.10 Å². The predicted octanol–water partition coefficient (Wildman–Crippen LogP) is 3.22. The van der Waals surface area contributed by atoms with Crippen LogP contribution in [0, 0.1) is 6.92 Å². The van der Waals surface area contributed by atoms with Crippen LogP contribution in [0.25, 0.3) is 15.7 Å². The molecule has 1 aliphatic rings. The Morgan fingerprint density at radius 1 is 1.21 bits per heavy atom. The van der Waals surface area contributed by atoms with Crippen molar-refractivity contribution in [3.63, 3.8) is 0 Å². The van der Waals surface area contributed by atoms with Crippen LogP contribution < -0.4 is 10.1 Å². The minimum atomic E-state index is -0.640. The molecule has 3 N–H and O–H groups in total. The van der Waals surface area contributed by atoms with Crippen molar-refractivity contribution in [1.29, 1.82) is 0 Å². The number of aliphatic hydroxyl groups is 2. The highest BCUT2D eigenvalue weighted by Crippen LogP contribution is 2.36. The Morgan fingerprint density at radius 3 is 2.67 bits per heavy atom. The Hall–Kier alpha value is -2.86. The van der Waals surface area contributed by atoms with E-state index in [4.69, 9.17) is 9.84 Å². The zero-order valence-corrected chi connectivity index (χ0v) is 24.3. The van der Waals surface area contributed by atoms with Crippen molar-refractivity contribution in [2.75, 3.05) is 26.3 Å². The van der Waals surface area contributed by atoms with E-state index < -0.39 is 6.04 Å². The van der Waals surface area contributed by atoms with Crippen LogP contribution in [-0.2, 0) is 17.8 Å². The van der Waals surface area contributed by atoms with E-state index in [1.807, 2.05) is 42.5 Å². The van der Waals surface area contributed by atoms with Gasteiger partial charge in [-0.25, -0.2) is 4.68 Å². The summed E-state index contributed by atoms with van der Waals surface area (Å²) in [6, 6.07) is 5.64. The number of hydrogen-bond acceptors (Lipinski definition) is 9. The lowest BCUT2D eigenvalue weighted by Crippen LogP contribution is -2.46. The van der Waals surface area contributed by atoms with Crippen LogP contribution >= 0.6 is 11.3 Å². The Balaban J connectivity index is 1.53. The molecule has 0 bridgehead atoms. The van der Waals surface area contributed by atoms with Crippen molar-refractivity contribution in [3.8, 4) is 21.5 Å². The van der Waals surface area contributed by atoms with Gasteiger partial charge in [0.05, 0.1) is 37.6 Å². The number of benzene rings is 1. The molecule has 1 amide bonds. The fraction of sp³-hybridized carbons (Fsp3) is 0.571. The first kappa shape index (κ1) is 29.1. The zero-order chi connectivity index (χ0) is 28.1. The summed E-state index contributed by atoms with van der Waals surface area (Å²) in [6.45, 7) is 11.4. The second-order valence-corrected chi connectivity index (χ2v) is 11.5. The van der Waals surface area contributed by atoms with Crippen molar-refractivity contribution >= 4 is 17.2 Å². The summed E-state index contributed by atoms with van der Waals surface area (Å²) in [4.78, 5) is 14.4. The number of fused-ring (bicyclic) bond motifs is 1. The maximum absolute atomic E-state index is 12.4. The molecule has 0 saturated carbocycles. The number of aliphatic hydroxyl groups excluding tert-OH is 2. The molecule has 2 aromatic heterocycles. The lowest BCUT2D eigenvalue weighted by Gasteiger charge is -2.26. The van der Waals surface area contributed by atoms with E-state index in [1.165, 1.54) is 16.9 Å². The van der Waals surface area contributed by atoms with Gasteiger partial charge in [-0.3, -0.25) is 9.69 Å². The Bertz CT molecular complexity index is 1270. The highest BCUT2D eigenvalue weighted by Gasteiger charge is 2.26. The van der Waals surface area contributed by atoms with Crippen LogP contribution in [0.1, 0.15) is 69.0 Å². The first-order valence-electron chi connectivity index (χ1n) is 13.7. The monoisotopic (exact) mass is 556 g/mol. The topological polar surface area (TPSA) is 126 Å². The van der Waals surface area contributed by atoms with Crippen LogP contribution in [0.5, 0.6) is 5.75 Å². The molecule has 39 heavy (non-hydrogen) atoms. The van der Waals surface area contributed by atoms with Gasteiger partial charge in [-0.1, -0.05) is 31.6 Å². The fourth-order valence-corrected chi connectivity index (χ4v) is 5.79. The molecule has 212 valence electrons. The van der Waals surface area contributed by atoms with Crippen molar-refractivity contribution in [2.45, 2.75) is 78.5 Å². The molecule has 10 nitrogen and oxygen atoms in total. The van der Waals surface area contributed by atoms with E-state index in [0.29, 0.717) is 24.1 Å². The molecule has 1 unspecified atom stereocenters. The maximum Gasteiger partial charge on any atom is 0.234 e. The van der Waals surface area contributed by atoms with Gasteiger partial charge in [0.1, 0.15) is 10.8 Å². The van der Waals surface area contributed by atoms with Gasteiger partial charge in [0.15, 0.2) is 0 Å². The molecule has 0 spiro atoms. The van der Waals surface area contributed by atoms with Gasteiger partial charge in [0.2, 0.25) is 11.0 Å². The molecule has 0 aliphatic carbocycles. The molecule has 0 radical (unpaired) electrons. The molecule has 0 fully saturated rings. The summed E-state index contributed by atoms with van der Waals surface area (Å²) >= 11 is 1.51. The van der Waals surface area contributed by atoms with Crippen LogP contribution in [0.15, 0.2) is 18.2 Å². The van der Waals surface area contributed by atoms with Crippen molar-refractivity contribution in [3.05, 3.63) is 40.7 Å². The van der Waals surface area contributed by atoms with E-state index in [0.717, 1.165) is 52.5 Å². The smallest absolute Gasteiger partial charge is 0.234 e. The highest BCUT2D eigenvalue weighted by atomic mass is 32.1. The Labute approximate surface area is 234 Å². The van der Waals surface area contributed by atoms with Gasteiger partial charge < -0.3 is 20.3 Å². The van der Waals surface area contributed by atoms with Gasteiger partial charge in [0.25, 0.3) is 0 Å². The zero-order valence-electron chi connectivity index (χ0n) is 23.5. The number of nitrogens with one attached hydrogen (secondary N) is 1. The molecule has 1 aliphatic heterocycles. The number of aromatic nitrogens is 4. The fourth-order valence-electron chi connectivity index (χ4n) is 4.95. The normalized spacial score (nSPS) is 14.6. The molecular formula is C28H40N6O4S. The van der Waals surface area contributed by atoms with Gasteiger partial charge in [-0.05, 0) is 56.9 Å². The lowest BCUT2D eigenvalue weighted by atomic mass is 9.94. The highest BCUT2D eigenvalue weighted by molar-refractivity contribution is 7.17. The predicted molar refractivity (Wildman–Crippen MR) is 151 cm³/mol. The number of amides is 1. The summed E-state index contributed by atoms with van der Waals surface area (Å²) in [7, 11) is 0. The third-order valence-electron chi connectivity index (χ3n) is 7.01. The molecule has 3 aromatic rings. The van der Waals surface area contributed by atoms with E-state index in [-0.39, 0.29) is 31.8 Å². The van der Waals surface area contributed by atoms with Crippen molar-refractivity contribution < 1.29 is 19.7 Å². The number of ether oxygens (including phenoxy) is 1. The average Bonchev–Trinajstić information content (AvgIpc) is 3.52. The summed E-state index contributed by atoms with van der Waals surface area (Å²) in [5.41, 5.74) is 5.30. The molecular weight excluding hydrogens is 516 g/mol. The van der Waals surface area contributed by atoms with Crippen molar-refractivity contribution in [2.24, 2.45) is 0 Å². The lowest BCUT2D eigenvalue weighted by molar-refractivity contribution is -0.123. The van der Waals surface area contributed by atoms with E-state index in [1.54, 1.807) is 0 Å². The average molecular weight is 557 g/mol. The Kier molecular flexibility index (Phi) is 9.71. The van der Waals surface area contributed by atoms with Crippen molar-refractivity contribution in [1.82, 2.24) is 30.2 Å². The first-order valence-corrected chi connectivity index (χ1v) is 14.5. The molecule has 1 aromatic carbocycles. The van der Waals surface area contributed by atoms with Gasteiger partial charge in [0, 0.05) is 36.3 Å². The Morgan fingerprint density at radius 2 is 1.97 bits per heavy atom. The number of hydrogen-bond donors (Lipinski definition) is 3. The minimum Gasteiger partial charge on any atom is -0.491 e. The summed E-state index contributed by atoms with van der Waals surface area (Å²) in [6.07, 6.45) is 3.02. The van der Waals surface area contributed by atoms with Crippen LogP contribution in [0.2, 0.25) is 0 Å². The second kappa shape index (κ2) is 13.0. The number of nitrogens with zero attached hydrogens (tertiary/aromatic N) is 5. The summed E-state index contributed by atoms with van der Waals surface area (Å²) in [5, 5.41) is 36.5. The SMILES string of the molecule is CCCC(C)c1cc(-c2nnc(-n3nc4c(c3C)CN(CC(=O)NC(CO)CO)CC4)s2)ccc1OC(C)C. The van der Waals surface area contributed by atoms with Crippen LogP contribution in [0.4, 0.5) is 0 Å². The third kappa shape index (κ3) is 6.84. The minimum absolute atomic E-state index is 0.105.